The Bertz CT molecular complexity index is 1270. The molecule has 0 saturated carbocycles. The predicted molar refractivity (Wildman–Crippen MR) is 127 cm³/mol. The number of unbranched alkanes of at least 4 members (excludes halogenated alkanes) is 1. The van der Waals surface area contributed by atoms with Crippen LogP contribution in [0, 0.1) is 0 Å². The number of hydrogen-bond donors (Lipinski definition) is 1. The van der Waals surface area contributed by atoms with Crippen molar-refractivity contribution < 1.29 is 4.79 Å². The third-order valence-corrected chi connectivity index (χ3v) is 5.84. The van der Waals surface area contributed by atoms with E-state index in [-0.39, 0.29) is 5.69 Å². The maximum Gasteiger partial charge on any atom is 0.329 e. The molecule has 2 aromatic carbocycles. The first-order valence-electron chi connectivity index (χ1n) is 11.4. The van der Waals surface area contributed by atoms with Crippen LogP contribution in [0.15, 0.2) is 53.3 Å². The first kappa shape index (κ1) is 22.4. The molecule has 0 fully saturated rings. The van der Waals surface area contributed by atoms with Crippen molar-refractivity contribution >= 4 is 6.29 Å². The van der Waals surface area contributed by atoms with Crippen molar-refractivity contribution in [2.45, 2.75) is 52.6 Å². The van der Waals surface area contributed by atoms with Gasteiger partial charge in [0.1, 0.15) is 5.69 Å². The number of nitrogens with one attached hydrogen (secondary N) is 1. The van der Waals surface area contributed by atoms with E-state index in [4.69, 9.17) is 0 Å². The van der Waals surface area contributed by atoms with E-state index >= 15 is 0 Å². The number of aromatic amines is 1. The lowest BCUT2D eigenvalue weighted by Crippen LogP contribution is -2.26. The summed E-state index contributed by atoms with van der Waals surface area (Å²) in [5.41, 5.74) is 5.19. The Labute approximate surface area is 192 Å². The molecule has 0 saturated heterocycles. The zero-order valence-corrected chi connectivity index (χ0v) is 19.0. The lowest BCUT2D eigenvalue weighted by Gasteiger charge is -2.10. The largest absolute Gasteiger partial charge is 0.329 e. The number of benzene rings is 2. The number of nitrogens with zero attached hydrogens (tertiary/aromatic N) is 5. The van der Waals surface area contributed by atoms with Crippen molar-refractivity contribution in [2.24, 2.45) is 0 Å². The predicted octanol–water partition coefficient (Wildman–Crippen LogP) is 4.11. The van der Waals surface area contributed by atoms with Crippen LogP contribution in [-0.2, 0) is 19.5 Å². The Morgan fingerprint density at radius 2 is 1.73 bits per heavy atom. The third kappa shape index (κ3) is 4.55. The minimum absolute atomic E-state index is 0.110. The Hall–Kier alpha value is -3.81. The number of H-pyrrole nitrogens is 1. The Morgan fingerprint density at radius 1 is 0.970 bits per heavy atom. The second-order valence-electron chi connectivity index (χ2n) is 8.07. The normalized spacial score (nSPS) is 11.1. The summed E-state index contributed by atoms with van der Waals surface area (Å²) in [6, 6.07) is 16.1. The molecule has 0 amide bonds. The molecule has 2 heterocycles. The summed E-state index contributed by atoms with van der Waals surface area (Å²) in [5.74, 6) is 0.611. The lowest BCUT2D eigenvalue weighted by molar-refractivity contribution is 0.111. The van der Waals surface area contributed by atoms with Gasteiger partial charge in [0.2, 0.25) is 0 Å². The van der Waals surface area contributed by atoms with Gasteiger partial charge in [-0.15, -0.1) is 5.10 Å². The number of carbonyl (C=O) groups is 1. The molecule has 2 aromatic heterocycles. The van der Waals surface area contributed by atoms with E-state index in [0.717, 1.165) is 53.5 Å². The fourth-order valence-electron chi connectivity index (χ4n) is 4.17. The molecule has 0 aliphatic rings. The van der Waals surface area contributed by atoms with Gasteiger partial charge in [0, 0.05) is 12.1 Å². The molecule has 0 unspecified atom stereocenters. The molecular formula is C25H28N6O2. The number of imidazole rings is 1. The summed E-state index contributed by atoms with van der Waals surface area (Å²) in [6.45, 7) is 5.14. The molecule has 4 aromatic rings. The molecule has 8 heteroatoms. The van der Waals surface area contributed by atoms with Gasteiger partial charge < -0.3 is 0 Å². The fourth-order valence-corrected chi connectivity index (χ4v) is 4.17. The number of aldehydes is 1. The molecule has 1 N–H and O–H groups in total. The van der Waals surface area contributed by atoms with E-state index in [0.29, 0.717) is 31.0 Å². The standard InChI is InChI=1S/C25H28N6O2/c1-3-5-15-30-23(17-32)22(8-4-2)31(25(30)33)16-18-11-13-19(14-12-18)20-9-6-7-10-21(20)24-26-28-29-27-24/h6-7,9-14,17H,3-5,8,15-16H2,1-2H3,(H,26,27,28,29). The van der Waals surface area contributed by atoms with Gasteiger partial charge in [0.25, 0.3) is 0 Å². The number of aromatic nitrogens is 6. The highest BCUT2D eigenvalue weighted by Gasteiger charge is 2.19. The highest BCUT2D eigenvalue weighted by molar-refractivity contribution is 5.80. The van der Waals surface area contributed by atoms with Gasteiger partial charge >= 0.3 is 5.69 Å². The van der Waals surface area contributed by atoms with Crippen molar-refractivity contribution in [3.8, 4) is 22.5 Å². The van der Waals surface area contributed by atoms with Crippen LogP contribution in [0.2, 0.25) is 0 Å². The third-order valence-electron chi connectivity index (χ3n) is 5.84. The molecule has 0 aliphatic heterocycles. The smallest absolute Gasteiger partial charge is 0.296 e. The van der Waals surface area contributed by atoms with Crippen LogP contribution in [0.5, 0.6) is 0 Å². The van der Waals surface area contributed by atoms with Gasteiger partial charge in [-0.3, -0.25) is 13.9 Å². The van der Waals surface area contributed by atoms with E-state index in [1.165, 1.54) is 0 Å². The van der Waals surface area contributed by atoms with Gasteiger partial charge in [-0.25, -0.2) is 9.89 Å². The first-order chi connectivity index (χ1) is 16.2. The zero-order valence-electron chi connectivity index (χ0n) is 19.0. The Balaban J connectivity index is 1.67. The van der Waals surface area contributed by atoms with Crippen LogP contribution in [0.3, 0.4) is 0 Å². The van der Waals surface area contributed by atoms with Crippen molar-refractivity contribution in [3.63, 3.8) is 0 Å². The quantitative estimate of drug-likeness (QED) is 0.371. The minimum atomic E-state index is -0.110. The van der Waals surface area contributed by atoms with Crippen LogP contribution in [0.1, 0.15) is 54.9 Å². The second-order valence-corrected chi connectivity index (χ2v) is 8.07. The zero-order chi connectivity index (χ0) is 23.2. The maximum absolute atomic E-state index is 13.2. The van der Waals surface area contributed by atoms with Crippen molar-refractivity contribution in [1.29, 1.82) is 0 Å². The monoisotopic (exact) mass is 444 g/mol. The van der Waals surface area contributed by atoms with E-state index in [9.17, 15) is 9.59 Å². The SMILES string of the molecule is CCCCn1c(C=O)c(CCC)n(Cc2ccc(-c3ccccc3-c3nnn[nH]3)cc2)c1=O. The molecule has 170 valence electrons. The number of rotatable bonds is 10. The number of hydrogen-bond acceptors (Lipinski definition) is 5. The summed E-state index contributed by atoms with van der Waals surface area (Å²) in [7, 11) is 0. The van der Waals surface area contributed by atoms with Crippen LogP contribution in [0.4, 0.5) is 0 Å². The second kappa shape index (κ2) is 10.2. The van der Waals surface area contributed by atoms with E-state index < -0.39 is 0 Å². The van der Waals surface area contributed by atoms with Crippen molar-refractivity contribution in [1.82, 2.24) is 29.8 Å². The molecule has 33 heavy (non-hydrogen) atoms. The van der Waals surface area contributed by atoms with Gasteiger partial charge in [-0.05, 0) is 40.0 Å². The van der Waals surface area contributed by atoms with Crippen molar-refractivity contribution in [2.75, 3.05) is 0 Å². The van der Waals surface area contributed by atoms with Gasteiger partial charge in [-0.1, -0.05) is 75.2 Å². The summed E-state index contributed by atoms with van der Waals surface area (Å²) >= 11 is 0. The van der Waals surface area contributed by atoms with Gasteiger partial charge in [-0.2, -0.15) is 0 Å². The number of tetrazole rings is 1. The van der Waals surface area contributed by atoms with Crippen LogP contribution in [-0.4, -0.2) is 36.0 Å². The molecule has 0 atom stereocenters. The average Bonchev–Trinajstić information content (AvgIpc) is 3.46. The molecule has 4 rings (SSSR count). The molecule has 0 aliphatic carbocycles. The highest BCUT2D eigenvalue weighted by Crippen LogP contribution is 2.29. The minimum Gasteiger partial charge on any atom is -0.296 e. The summed E-state index contributed by atoms with van der Waals surface area (Å²) in [6.07, 6.45) is 4.22. The molecule has 8 nitrogen and oxygen atoms in total. The lowest BCUT2D eigenvalue weighted by atomic mass is 9.98. The maximum atomic E-state index is 13.2. The highest BCUT2D eigenvalue weighted by atomic mass is 16.2. The Kier molecular flexibility index (Phi) is 6.92. The summed E-state index contributed by atoms with van der Waals surface area (Å²) in [5, 5.41) is 14.2. The summed E-state index contributed by atoms with van der Waals surface area (Å²) in [4.78, 5) is 25.0. The molecular weight excluding hydrogens is 416 g/mol. The van der Waals surface area contributed by atoms with Gasteiger partial charge in [0.15, 0.2) is 12.1 Å². The average molecular weight is 445 g/mol. The van der Waals surface area contributed by atoms with Crippen molar-refractivity contribution in [3.05, 3.63) is 76.0 Å². The molecule has 0 bridgehead atoms. The van der Waals surface area contributed by atoms with Crippen LogP contribution >= 0.6 is 0 Å². The van der Waals surface area contributed by atoms with E-state index in [1.54, 1.807) is 9.13 Å². The van der Waals surface area contributed by atoms with Crippen LogP contribution < -0.4 is 5.69 Å². The van der Waals surface area contributed by atoms with Crippen LogP contribution in [0.25, 0.3) is 22.5 Å². The van der Waals surface area contributed by atoms with E-state index in [1.807, 2.05) is 48.5 Å². The Morgan fingerprint density at radius 3 is 2.36 bits per heavy atom. The van der Waals surface area contributed by atoms with Gasteiger partial charge in [0.05, 0.1) is 12.2 Å². The van der Waals surface area contributed by atoms with E-state index in [2.05, 4.69) is 34.5 Å². The summed E-state index contributed by atoms with van der Waals surface area (Å²) < 4.78 is 3.39. The fraction of sp³-hybridized carbons (Fsp3) is 0.320. The number of carbonyl (C=O) groups excluding carboxylic acids is 1. The molecule has 0 spiro atoms. The topological polar surface area (TPSA) is 98.5 Å². The first-order valence-corrected chi connectivity index (χ1v) is 11.4. The molecule has 0 radical (unpaired) electrons.